The van der Waals surface area contributed by atoms with Gasteiger partial charge >= 0.3 is 6.03 Å². The Hall–Kier alpha value is -3.78. The molecule has 1 spiro atoms. The fourth-order valence-electron chi connectivity index (χ4n) is 4.61. The van der Waals surface area contributed by atoms with Gasteiger partial charge in [0, 0.05) is 23.3 Å². The molecule has 3 heterocycles. The van der Waals surface area contributed by atoms with Gasteiger partial charge in [-0.1, -0.05) is 30.3 Å². The average Bonchev–Trinajstić information content (AvgIpc) is 3.08. The Morgan fingerprint density at radius 3 is 2.73 bits per heavy atom. The normalized spacial score (nSPS) is 22.3. The second-order valence-electron chi connectivity index (χ2n) is 8.56. The Morgan fingerprint density at radius 2 is 1.97 bits per heavy atom. The van der Waals surface area contributed by atoms with Crippen molar-refractivity contribution in [3.63, 3.8) is 0 Å². The Balaban J connectivity index is 1.32. The monoisotopic (exact) mass is 444 g/mol. The van der Waals surface area contributed by atoms with Crippen molar-refractivity contribution in [3.05, 3.63) is 77.0 Å². The standard InChI is InChI=1S/C25H24N4O4/c1-15-12-18(19-4-2-3-5-20(19)26-15)13-16-6-8-17(9-7-16)22(30)27-21-10-11-33-14-25(21)23(31)28-24(32)29-25/h2-9,12,21H,10-11,13-14H2,1H3,(H,27,30)(H2,28,29,31,32)/t21-,25+/m1/s1. The molecule has 8 nitrogen and oxygen atoms in total. The van der Waals surface area contributed by atoms with Crippen molar-refractivity contribution >= 4 is 28.7 Å². The summed E-state index contributed by atoms with van der Waals surface area (Å²) in [5.74, 6) is -0.778. The number of hydrogen-bond donors (Lipinski definition) is 3. The summed E-state index contributed by atoms with van der Waals surface area (Å²) in [4.78, 5) is 41.6. The van der Waals surface area contributed by atoms with E-state index in [1.165, 1.54) is 5.56 Å². The summed E-state index contributed by atoms with van der Waals surface area (Å²) in [7, 11) is 0. The van der Waals surface area contributed by atoms with Crippen molar-refractivity contribution in [2.45, 2.75) is 31.3 Å². The number of nitrogens with zero attached hydrogens (tertiary/aromatic N) is 1. The minimum Gasteiger partial charge on any atom is -0.378 e. The first-order valence-electron chi connectivity index (χ1n) is 10.9. The van der Waals surface area contributed by atoms with E-state index in [9.17, 15) is 14.4 Å². The van der Waals surface area contributed by atoms with Gasteiger partial charge in [-0.05, 0) is 55.2 Å². The molecule has 33 heavy (non-hydrogen) atoms. The molecule has 0 bridgehead atoms. The van der Waals surface area contributed by atoms with Gasteiger partial charge in [-0.3, -0.25) is 19.9 Å². The Morgan fingerprint density at radius 1 is 1.18 bits per heavy atom. The van der Waals surface area contributed by atoms with Gasteiger partial charge in [0.1, 0.15) is 0 Å². The number of nitrogens with one attached hydrogen (secondary N) is 3. The van der Waals surface area contributed by atoms with E-state index in [0.29, 0.717) is 18.6 Å². The largest absolute Gasteiger partial charge is 0.378 e. The third kappa shape index (κ3) is 3.93. The van der Waals surface area contributed by atoms with Crippen LogP contribution in [-0.4, -0.2) is 47.6 Å². The SMILES string of the molecule is Cc1cc(Cc2ccc(C(=O)N[C@@H]3CCOC[C@]34NC(=O)NC4=O)cc2)c2ccccc2n1. The van der Waals surface area contributed by atoms with E-state index in [0.717, 1.165) is 28.6 Å². The van der Waals surface area contributed by atoms with Gasteiger partial charge in [0.2, 0.25) is 0 Å². The minimum absolute atomic E-state index is 0.0216. The van der Waals surface area contributed by atoms with Crippen molar-refractivity contribution < 1.29 is 19.1 Å². The molecule has 2 aliphatic heterocycles. The van der Waals surface area contributed by atoms with Crippen molar-refractivity contribution in [2.24, 2.45) is 0 Å². The number of rotatable bonds is 4. The van der Waals surface area contributed by atoms with Gasteiger partial charge in [0.25, 0.3) is 11.8 Å². The quantitative estimate of drug-likeness (QED) is 0.535. The average molecular weight is 444 g/mol. The number of aromatic nitrogens is 1. The topological polar surface area (TPSA) is 109 Å². The number of para-hydroxylation sites is 1. The van der Waals surface area contributed by atoms with Crippen LogP contribution >= 0.6 is 0 Å². The molecule has 2 saturated heterocycles. The molecule has 1 aromatic heterocycles. The molecule has 3 N–H and O–H groups in total. The van der Waals surface area contributed by atoms with Gasteiger partial charge in [0.05, 0.1) is 18.2 Å². The molecule has 4 amide bonds. The molecular weight excluding hydrogens is 420 g/mol. The van der Waals surface area contributed by atoms with Crippen molar-refractivity contribution in [2.75, 3.05) is 13.2 Å². The van der Waals surface area contributed by atoms with Crippen LogP contribution in [0.25, 0.3) is 10.9 Å². The lowest BCUT2D eigenvalue weighted by molar-refractivity contribution is -0.130. The molecule has 2 aliphatic rings. The minimum atomic E-state index is -1.27. The van der Waals surface area contributed by atoms with Crippen molar-refractivity contribution in [1.82, 2.24) is 20.9 Å². The Bertz CT molecular complexity index is 1260. The van der Waals surface area contributed by atoms with Crippen LogP contribution in [0.15, 0.2) is 54.6 Å². The second kappa shape index (κ2) is 8.29. The predicted molar refractivity (Wildman–Crippen MR) is 122 cm³/mol. The van der Waals surface area contributed by atoms with E-state index < -0.39 is 23.5 Å². The first-order valence-corrected chi connectivity index (χ1v) is 10.9. The summed E-state index contributed by atoms with van der Waals surface area (Å²) in [5, 5.41) is 8.91. The van der Waals surface area contributed by atoms with Crippen molar-refractivity contribution in [1.29, 1.82) is 0 Å². The fourth-order valence-corrected chi connectivity index (χ4v) is 4.61. The Kier molecular flexibility index (Phi) is 5.30. The molecule has 3 aromatic rings. The number of benzene rings is 2. The molecule has 168 valence electrons. The Labute approximate surface area is 190 Å². The number of amides is 4. The number of aryl methyl sites for hydroxylation is 1. The predicted octanol–water partition coefficient (Wildman–Crippen LogP) is 2.23. The maximum atomic E-state index is 12.9. The summed E-state index contributed by atoms with van der Waals surface area (Å²) in [6.45, 7) is 2.40. The maximum Gasteiger partial charge on any atom is 0.322 e. The maximum absolute atomic E-state index is 12.9. The summed E-state index contributed by atoms with van der Waals surface area (Å²) in [6.07, 6.45) is 1.15. The first-order chi connectivity index (χ1) is 15.9. The highest BCUT2D eigenvalue weighted by molar-refractivity contribution is 6.08. The summed E-state index contributed by atoms with van der Waals surface area (Å²) >= 11 is 0. The van der Waals surface area contributed by atoms with Gasteiger partial charge in [-0.2, -0.15) is 0 Å². The van der Waals surface area contributed by atoms with Crippen LogP contribution in [0.5, 0.6) is 0 Å². The number of pyridine rings is 1. The van der Waals surface area contributed by atoms with E-state index in [1.54, 1.807) is 12.1 Å². The third-order valence-corrected chi connectivity index (χ3v) is 6.29. The lowest BCUT2D eigenvalue weighted by Gasteiger charge is -2.38. The van der Waals surface area contributed by atoms with Gasteiger partial charge in [-0.25, -0.2) is 4.79 Å². The van der Waals surface area contributed by atoms with Crippen LogP contribution in [0.2, 0.25) is 0 Å². The van der Waals surface area contributed by atoms with Crippen LogP contribution in [0.3, 0.4) is 0 Å². The summed E-state index contributed by atoms with van der Waals surface area (Å²) in [5.41, 5.74) is 3.41. The summed E-state index contributed by atoms with van der Waals surface area (Å²) < 4.78 is 5.42. The van der Waals surface area contributed by atoms with Gasteiger partial charge in [0.15, 0.2) is 5.54 Å². The highest BCUT2D eigenvalue weighted by Crippen LogP contribution is 2.25. The number of urea groups is 1. The van der Waals surface area contributed by atoms with Crippen LogP contribution in [0.4, 0.5) is 4.79 Å². The number of hydrogen-bond acceptors (Lipinski definition) is 5. The molecule has 0 saturated carbocycles. The molecular formula is C25H24N4O4. The zero-order chi connectivity index (χ0) is 23.0. The molecule has 8 heteroatoms. The van der Waals surface area contributed by atoms with Crippen LogP contribution in [-0.2, 0) is 16.0 Å². The fraction of sp³-hybridized carbons (Fsp3) is 0.280. The van der Waals surface area contributed by atoms with Crippen LogP contribution in [0.1, 0.15) is 33.6 Å². The van der Waals surface area contributed by atoms with Crippen LogP contribution in [0, 0.1) is 6.92 Å². The second-order valence-corrected chi connectivity index (χ2v) is 8.56. The lowest BCUT2D eigenvalue weighted by atomic mass is 9.86. The van der Waals surface area contributed by atoms with Crippen molar-refractivity contribution in [3.8, 4) is 0 Å². The zero-order valence-electron chi connectivity index (χ0n) is 18.2. The van der Waals surface area contributed by atoms with E-state index >= 15 is 0 Å². The highest BCUT2D eigenvalue weighted by atomic mass is 16.5. The number of carbonyl (C=O) groups is 3. The zero-order valence-corrected chi connectivity index (χ0v) is 18.2. The van der Waals surface area contributed by atoms with Gasteiger partial charge in [-0.15, -0.1) is 0 Å². The molecule has 0 aliphatic carbocycles. The van der Waals surface area contributed by atoms with Gasteiger partial charge < -0.3 is 15.4 Å². The van der Waals surface area contributed by atoms with E-state index in [-0.39, 0.29) is 12.5 Å². The molecule has 0 radical (unpaired) electrons. The number of imide groups is 1. The molecule has 5 rings (SSSR count). The molecule has 2 atom stereocenters. The smallest absolute Gasteiger partial charge is 0.322 e. The first kappa shape index (κ1) is 21.1. The molecule has 0 unspecified atom stereocenters. The molecule has 2 aromatic carbocycles. The third-order valence-electron chi connectivity index (χ3n) is 6.29. The number of carbonyl (C=O) groups excluding carboxylic acids is 3. The number of ether oxygens (including phenoxy) is 1. The van der Waals surface area contributed by atoms with Crippen LogP contribution < -0.4 is 16.0 Å². The number of fused-ring (bicyclic) bond motifs is 1. The van der Waals surface area contributed by atoms with E-state index in [4.69, 9.17) is 4.74 Å². The summed E-state index contributed by atoms with van der Waals surface area (Å²) in [6, 6.07) is 16.4. The lowest BCUT2D eigenvalue weighted by Crippen LogP contribution is -2.67. The highest BCUT2D eigenvalue weighted by Gasteiger charge is 2.54. The van der Waals surface area contributed by atoms with E-state index in [2.05, 4.69) is 33.1 Å². The molecule has 2 fully saturated rings. The van der Waals surface area contributed by atoms with E-state index in [1.807, 2.05) is 37.3 Å².